The minimum atomic E-state index is -0.467. The van der Waals surface area contributed by atoms with E-state index in [1.54, 1.807) is 19.1 Å². The number of aromatic amines is 1. The molecule has 146 valence electrons. The van der Waals surface area contributed by atoms with E-state index < -0.39 is 5.91 Å². The van der Waals surface area contributed by atoms with E-state index >= 15 is 0 Å². The second-order valence-electron chi connectivity index (χ2n) is 6.39. The number of aryl methyl sites for hydroxylation is 2. The predicted octanol–water partition coefficient (Wildman–Crippen LogP) is 2.73. The molecule has 0 radical (unpaired) electrons. The Bertz CT molecular complexity index is 1220. The van der Waals surface area contributed by atoms with Gasteiger partial charge in [0.05, 0.1) is 5.69 Å². The van der Waals surface area contributed by atoms with Crippen LogP contribution >= 0.6 is 0 Å². The highest BCUT2D eigenvalue weighted by molar-refractivity contribution is 6.03. The molecule has 0 aliphatic carbocycles. The molecule has 0 aliphatic heterocycles. The smallest absolute Gasteiger partial charge is 0.279 e. The number of benzene rings is 1. The van der Waals surface area contributed by atoms with E-state index in [9.17, 15) is 9.59 Å². The van der Waals surface area contributed by atoms with Crippen LogP contribution in [0, 0.1) is 6.92 Å². The van der Waals surface area contributed by atoms with E-state index in [1.165, 1.54) is 10.7 Å². The van der Waals surface area contributed by atoms with Crippen LogP contribution in [0.1, 0.15) is 28.8 Å². The molecule has 0 fully saturated rings. The lowest BCUT2D eigenvalue weighted by molar-refractivity contribution is 0.101. The summed E-state index contributed by atoms with van der Waals surface area (Å²) in [7, 11) is 0. The Hall–Kier alpha value is -4.01. The molecule has 3 heterocycles. The van der Waals surface area contributed by atoms with Crippen molar-refractivity contribution in [2.45, 2.75) is 20.3 Å². The van der Waals surface area contributed by atoms with Gasteiger partial charge in [0.1, 0.15) is 5.82 Å². The number of nitrogens with zero attached hydrogens (tertiary/aromatic N) is 4. The summed E-state index contributed by atoms with van der Waals surface area (Å²) >= 11 is 0. The largest absolute Gasteiger partial charge is 0.355 e. The molecule has 0 saturated heterocycles. The molecule has 4 rings (SSSR count). The third-order valence-corrected chi connectivity index (χ3v) is 4.22. The van der Waals surface area contributed by atoms with Crippen molar-refractivity contribution in [3.05, 3.63) is 76.0 Å². The van der Waals surface area contributed by atoms with Crippen molar-refractivity contribution in [2.24, 2.45) is 0 Å². The summed E-state index contributed by atoms with van der Waals surface area (Å²) in [5.41, 5.74) is 1.92. The first-order chi connectivity index (χ1) is 14.0. The number of amides is 1. The molecule has 29 heavy (non-hydrogen) atoms. The lowest BCUT2D eigenvalue weighted by Gasteiger charge is -2.07. The molecule has 9 nitrogen and oxygen atoms in total. The monoisotopic (exact) mass is 390 g/mol. The lowest BCUT2D eigenvalue weighted by atomic mass is 10.1. The fraction of sp³-hybridized carbons (Fsp3) is 0.150. The van der Waals surface area contributed by atoms with Crippen molar-refractivity contribution >= 4 is 11.7 Å². The Kier molecular flexibility index (Phi) is 4.78. The van der Waals surface area contributed by atoms with Gasteiger partial charge in [0.2, 0.25) is 5.95 Å². The zero-order chi connectivity index (χ0) is 20.4. The fourth-order valence-electron chi connectivity index (χ4n) is 2.83. The summed E-state index contributed by atoms with van der Waals surface area (Å²) in [5, 5.41) is 10.9. The molecule has 0 spiro atoms. The van der Waals surface area contributed by atoms with Gasteiger partial charge in [-0.15, -0.1) is 0 Å². The number of hydrogen-bond acceptors (Lipinski definition) is 6. The quantitative estimate of drug-likeness (QED) is 0.541. The summed E-state index contributed by atoms with van der Waals surface area (Å²) < 4.78 is 6.66. The van der Waals surface area contributed by atoms with Gasteiger partial charge in [0.15, 0.2) is 11.5 Å². The van der Waals surface area contributed by atoms with Crippen molar-refractivity contribution in [1.82, 2.24) is 24.9 Å². The summed E-state index contributed by atoms with van der Waals surface area (Å²) in [6.45, 7) is 3.68. The lowest BCUT2D eigenvalue weighted by Crippen LogP contribution is -2.19. The van der Waals surface area contributed by atoms with Crippen molar-refractivity contribution in [2.75, 3.05) is 5.32 Å². The number of nitrogens with one attached hydrogen (secondary N) is 2. The van der Waals surface area contributed by atoms with Gasteiger partial charge >= 0.3 is 0 Å². The maximum atomic E-state index is 12.7. The molecule has 0 atom stereocenters. The number of carbonyl (C=O) groups is 1. The maximum Gasteiger partial charge on any atom is 0.279 e. The third-order valence-electron chi connectivity index (χ3n) is 4.22. The van der Waals surface area contributed by atoms with Gasteiger partial charge < -0.3 is 9.84 Å². The normalized spacial score (nSPS) is 10.8. The van der Waals surface area contributed by atoms with Gasteiger partial charge in [-0.1, -0.05) is 42.4 Å². The molecule has 3 aromatic heterocycles. The molecule has 1 aromatic carbocycles. The van der Waals surface area contributed by atoms with E-state index in [2.05, 4.69) is 25.5 Å². The Labute approximate surface area is 165 Å². The van der Waals surface area contributed by atoms with Crippen LogP contribution in [-0.2, 0) is 6.42 Å². The van der Waals surface area contributed by atoms with Crippen LogP contribution < -0.4 is 10.9 Å². The van der Waals surface area contributed by atoms with Crippen LogP contribution in [0.5, 0.6) is 0 Å². The van der Waals surface area contributed by atoms with Gasteiger partial charge in [-0.25, -0.2) is 4.98 Å². The minimum absolute atomic E-state index is 0.123. The number of carbonyl (C=O) groups excluding carboxylic acids is 1. The van der Waals surface area contributed by atoms with Gasteiger partial charge in [-0.05, 0) is 13.3 Å². The van der Waals surface area contributed by atoms with Crippen LogP contribution in [0.25, 0.3) is 17.3 Å². The predicted molar refractivity (Wildman–Crippen MR) is 106 cm³/mol. The van der Waals surface area contributed by atoms with Crippen molar-refractivity contribution in [3.63, 3.8) is 0 Å². The minimum Gasteiger partial charge on any atom is -0.355 e. The van der Waals surface area contributed by atoms with Crippen molar-refractivity contribution < 1.29 is 9.32 Å². The second-order valence-corrected chi connectivity index (χ2v) is 6.39. The maximum absolute atomic E-state index is 12.7. The van der Waals surface area contributed by atoms with E-state index in [4.69, 9.17) is 4.52 Å². The summed E-state index contributed by atoms with van der Waals surface area (Å²) in [5.74, 6) is 0.601. The van der Waals surface area contributed by atoms with Gasteiger partial charge in [0, 0.05) is 29.5 Å². The van der Waals surface area contributed by atoms with E-state index in [0.717, 1.165) is 5.56 Å². The Morgan fingerprint density at radius 2 is 2.00 bits per heavy atom. The highest BCUT2D eigenvalue weighted by atomic mass is 16.5. The van der Waals surface area contributed by atoms with E-state index in [1.807, 2.05) is 37.3 Å². The number of rotatable bonds is 5. The Morgan fingerprint density at radius 1 is 1.21 bits per heavy atom. The average Bonchev–Trinajstić information content (AvgIpc) is 3.35. The van der Waals surface area contributed by atoms with Crippen LogP contribution in [0.3, 0.4) is 0 Å². The van der Waals surface area contributed by atoms with E-state index in [-0.39, 0.29) is 17.2 Å². The Balaban J connectivity index is 1.63. The molecule has 2 N–H and O–H groups in total. The van der Waals surface area contributed by atoms with E-state index in [0.29, 0.717) is 29.4 Å². The molecule has 1 amide bonds. The van der Waals surface area contributed by atoms with Crippen LogP contribution in [0.15, 0.2) is 57.8 Å². The molecule has 0 bridgehead atoms. The first-order valence-corrected chi connectivity index (χ1v) is 9.04. The Morgan fingerprint density at radius 3 is 2.76 bits per heavy atom. The highest BCUT2D eigenvalue weighted by Gasteiger charge is 2.18. The molecule has 9 heteroatoms. The summed E-state index contributed by atoms with van der Waals surface area (Å²) in [6.07, 6.45) is 0.597. The molecule has 4 aromatic rings. The zero-order valence-electron chi connectivity index (χ0n) is 15.8. The molecule has 0 unspecified atom stereocenters. The van der Waals surface area contributed by atoms with Crippen LogP contribution in [0.2, 0.25) is 0 Å². The third kappa shape index (κ3) is 3.84. The van der Waals surface area contributed by atoms with Crippen LogP contribution in [0.4, 0.5) is 5.82 Å². The summed E-state index contributed by atoms with van der Waals surface area (Å²) in [4.78, 5) is 31.6. The summed E-state index contributed by atoms with van der Waals surface area (Å²) in [6, 6.07) is 14.0. The SMILES string of the molecule is CCc1cc(=O)[nH]c(-n2nc(C)cc2NC(=O)c2cc(-c3ccccc3)on2)n1. The van der Waals surface area contributed by atoms with Gasteiger partial charge in [-0.2, -0.15) is 9.78 Å². The molecule has 0 saturated carbocycles. The number of aromatic nitrogens is 5. The number of H-pyrrole nitrogens is 1. The molecule has 0 aliphatic rings. The zero-order valence-corrected chi connectivity index (χ0v) is 15.8. The second kappa shape index (κ2) is 7.55. The molecular weight excluding hydrogens is 372 g/mol. The fourth-order valence-corrected chi connectivity index (χ4v) is 2.83. The van der Waals surface area contributed by atoms with Crippen molar-refractivity contribution in [3.8, 4) is 17.3 Å². The standard InChI is InChI=1S/C20H18N6O3/c1-3-14-10-18(27)23-20(21-14)26-17(9-12(2)24-26)22-19(28)15-11-16(29-25-15)13-7-5-4-6-8-13/h4-11H,3H2,1-2H3,(H,22,28)(H,21,23,27). The number of hydrogen-bond donors (Lipinski definition) is 2. The first-order valence-electron chi connectivity index (χ1n) is 9.04. The number of anilines is 1. The van der Waals surface area contributed by atoms with Crippen LogP contribution in [-0.4, -0.2) is 30.8 Å². The molecular formula is C20H18N6O3. The first kappa shape index (κ1) is 18.4. The van der Waals surface area contributed by atoms with Gasteiger partial charge in [-0.3, -0.25) is 14.6 Å². The highest BCUT2D eigenvalue weighted by Crippen LogP contribution is 2.21. The van der Waals surface area contributed by atoms with Gasteiger partial charge in [0.25, 0.3) is 11.5 Å². The van der Waals surface area contributed by atoms with Crippen molar-refractivity contribution in [1.29, 1.82) is 0 Å². The topological polar surface area (TPSA) is 119 Å². The average molecular weight is 390 g/mol.